The van der Waals surface area contributed by atoms with Crippen LogP contribution in [-0.4, -0.2) is 13.1 Å². The number of hydrogen-bond donors (Lipinski definition) is 0. The summed E-state index contributed by atoms with van der Waals surface area (Å²) >= 11 is 5.15. The largest absolute Gasteiger partial charge is 0.281 e. The molecule has 60 valence electrons. The van der Waals surface area contributed by atoms with E-state index in [2.05, 4.69) is 6.58 Å². The monoisotopic (exact) mass is 170 g/mol. The highest BCUT2D eigenvalue weighted by molar-refractivity contribution is 6.63. The third kappa shape index (κ3) is 7.40. The predicted molar refractivity (Wildman–Crippen MR) is 51.5 cm³/mol. The fraction of sp³-hybridized carbons (Fsp3) is 0.375. The molecule has 3 heteroatoms. The molecule has 0 aliphatic heterocycles. The highest BCUT2D eigenvalue weighted by Gasteiger charge is 1.92. The molecule has 0 aromatic carbocycles. The first-order valence-corrected chi connectivity index (χ1v) is 3.99. The molecule has 0 spiro atoms. The minimum Gasteiger partial charge on any atom is -0.281 e. The molecule has 0 atom stereocenters. The second-order valence-electron chi connectivity index (χ2n) is 2.44. The van der Waals surface area contributed by atoms with E-state index in [0.717, 1.165) is 12.8 Å². The summed E-state index contributed by atoms with van der Waals surface area (Å²) in [6.45, 7) is 3.61. The summed E-state index contributed by atoms with van der Waals surface area (Å²) in [4.78, 5) is 10.3. The van der Waals surface area contributed by atoms with Crippen molar-refractivity contribution in [1.82, 2.24) is 0 Å². The van der Waals surface area contributed by atoms with Crippen LogP contribution in [-0.2, 0) is 4.79 Å². The van der Waals surface area contributed by atoms with Gasteiger partial charge in [0.15, 0.2) is 0 Å². The van der Waals surface area contributed by atoms with Gasteiger partial charge in [-0.1, -0.05) is 12.2 Å². The summed E-state index contributed by atoms with van der Waals surface area (Å²) in [5.74, 6) is 0. The van der Waals surface area contributed by atoms with Crippen molar-refractivity contribution in [2.45, 2.75) is 19.3 Å². The van der Waals surface area contributed by atoms with Crippen molar-refractivity contribution >= 4 is 24.7 Å². The fourth-order valence-corrected chi connectivity index (χ4v) is 0.763. The maximum atomic E-state index is 10.3. The Morgan fingerprint density at radius 1 is 1.64 bits per heavy atom. The summed E-state index contributed by atoms with van der Waals surface area (Å²) in [6, 6.07) is 0. The quantitative estimate of drug-likeness (QED) is 0.348. The molecule has 0 heterocycles. The SMILES string of the molecule is B/C(=C/CC(=O)Cl)CCC=C. The molecule has 0 bridgehead atoms. The van der Waals surface area contributed by atoms with Crippen LogP contribution in [0.15, 0.2) is 24.2 Å². The molecule has 0 radical (unpaired) electrons. The first kappa shape index (κ1) is 10.5. The van der Waals surface area contributed by atoms with Gasteiger partial charge in [-0.05, 0) is 24.4 Å². The molecule has 0 saturated heterocycles. The zero-order valence-electron chi connectivity index (χ0n) is 6.77. The van der Waals surface area contributed by atoms with E-state index >= 15 is 0 Å². The van der Waals surface area contributed by atoms with E-state index in [0.29, 0.717) is 6.42 Å². The van der Waals surface area contributed by atoms with Crippen molar-refractivity contribution in [2.75, 3.05) is 0 Å². The Hall–Kier alpha value is -0.495. The Bertz CT molecular complexity index is 175. The lowest BCUT2D eigenvalue weighted by Gasteiger charge is -1.95. The predicted octanol–water partition coefficient (Wildman–Crippen LogP) is 1.63. The van der Waals surface area contributed by atoms with Crippen LogP contribution in [0.3, 0.4) is 0 Å². The molecule has 0 saturated carbocycles. The van der Waals surface area contributed by atoms with Gasteiger partial charge in [-0.3, -0.25) is 4.79 Å². The second-order valence-corrected chi connectivity index (χ2v) is 2.86. The second kappa shape index (κ2) is 6.23. The number of halogens is 1. The summed E-state index contributed by atoms with van der Waals surface area (Å²) in [7, 11) is 1.99. The topological polar surface area (TPSA) is 17.1 Å². The lowest BCUT2D eigenvalue weighted by molar-refractivity contribution is -0.110. The van der Waals surface area contributed by atoms with E-state index in [4.69, 9.17) is 11.6 Å². The zero-order valence-corrected chi connectivity index (χ0v) is 7.53. The summed E-state index contributed by atoms with van der Waals surface area (Å²) in [5.41, 5.74) is 1.19. The van der Waals surface area contributed by atoms with Crippen molar-refractivity contribution in [3.05, 3.63) is 24.2 Å². The molecule has 0 fully saturated rings. The van der Waals surface area contributed by atoms with Crippen LogP contribution in [0.4, 0.5) is 0 Å². The van der Waals surface area contributed by atoms with Crippen LogP contribution in [0.2, 0.25) is 0 Å². The van der Waals surface area contributed by atoms with Crippen LogP contribution in [0.5, 0.6) is 0 Å². The zero-order chi connectivity index (χ0) is 8.69. The maximum Gasteiger partial charge on any atom is 0.225 e. The lowest BCUT2D eigenvalue weighted by atomic mass is 9.90. The van der Waals surface area contributed by atoms with Crippen molar-refractivity contribution in [1.29, 1.82) is 0 Å². The third-order valence-electron chi connectivity index (χ3n) is 1.35. The van der Waals surface area contributed by atoms with Gasteiger partial charge in [-0.25, -0.2) is 0 Å². The van der Waals surface area contributed by atoms with Gasteiger partial charge in [-0.2, -0.15) is 0 Å². The normalized spacial score (nSPS) is 11.2. The molecular weight excluding hydrogens is 158 g/mol. The molecular formula is C8H12BClO. The molecule has 0 unspecified atom stereocenters. The fourth-order valence-electron chi connectivity index (χ4n) is 0.686. The lowest BCUT2D eigenvalue weighted by Crippen LogP contribution is -1.86. The molecule has 0 N–H and O–H groups in total. The summed E-state index contributed by atoms with van der Waals surface area (Å²) in [6.07, 6.45) is 5.98. The van der Waals surface area contributed by atoms with Crippen molar-refractivity contribution in [3.8, 4) is 0 Å². The van der Waals surface area contributed by atoms with Gasteiger partial charge in [0.2, 0.25) is 5.24 Å². The highest BCUT2D eigenvalue weighted by atomic mass is 35.5. The Kier molecular flexibility index (Phi) is 5.95. The smallest absolute Gasteiger partial charge is 0.225 e. The van der Waals surface area contributed by atoms with Gasteiger partial charge in [0, 0.05) is 6.42 Å². The van der Waals surface area contributed by atoms with Gasteiger partial charge >= 0.3 is 0 Å². The summed E-state index contributed by atoms with van der Waals surface area (Å²) in [5, 5.41) is -0.303. The molecule has 0 aliphatic carbocycles. The molecule has 11 heavy (non-hydrogen) atoms. The minimum atomic E-state index is -0.303. The number of rotatable bonds is 5. The van der Waals surface area contributed by atoms with E-state index in [1.165, 1.54) is 5.47 Å². The van der Waals surface area contributed by atoms with Gasteiger partial charge in [0.05, 0.1) is 0 Å². The van der Waals surface area contributed by atoms with Gasteiger partial charge in [0.1, 0.15) is 7.85 Å². The molecule has 0 aromatic heterocycles. The first-order valence-electron chi connectivity index (χ1n) is 3.61. The molecule has 1 nitrogen and oxygen atoms in total. The standard InChI is InChI=1S/C8H12BClO/c1-2-3-4-7(9)5-6-8(10)11/h2,5H,1,3-4,6,9H2/b7-5+. The van der Waals surface area contributed by atoms with Gasteiger partial charge < -0.3 is 0 Å². The maximum absolute atomic E-state index is 10.3. The Morgan fingerprint density at radius 2 is 2.27 bits per heavy atom. The van der Waals surface area contributed by atoms with Crippen molar-refractivity contribution in [2.24, 2.45) is 0 Å². The van der Waals surface area contributed by atoms with Gasteiger partial charge in [-0.15, -0.1) is 12.1 Å². The van der Waals surface area contributed by atoms with Crippen LogP contribution in [0.1, 0.15) is 19.3 Å². The van der Waals surface area contributed by atoms with E-state index in [1.54, 1.807) is 0 Å². The Balaban J connectivity index is 3.62. The average molecular weight is 170 g/mol. The summed E-state index contributed by atoms with van der Waals surface area (Å²) < 4.78 is 0. The number of allylic oxidation sites excluding steroid dienone is 3. The Labute approximate surface area is 73.5 Å². The van der Waals surface area contributed by atoms with Crippen LogP contribution >= 0.6 is 11.6 Å². The molecule has 0 aliphatic rings. The first-order chi connectivity index (χ1) is 5.16. The van der Waals surface area contributed by atoms with E-state index in [9.17, 15) is 4.79 Å². The van der Waals surface area contributed by atoms with Crippen molar-refractivity contribution in [3.63, 3.8) is 0 Å². The average Bonchev–Trinajstić information content (AvgIpc) is 1.97. The van der Waals surface area contributed by atoms with Crippen LogP contribution < -0.4 is 0 Å². The Morgan fingerprint density at radius 3 is 2.73 bits per heavy atom. The highest BCUT2D eigenvalue weighted by Crippen LogP contribution is 2.03. The van der Waals surface area contributed by atoms with E-state index < -0.39 is 0 Å². The molecule has 0 rings (SSSR count). The third-order valence-corrected chi connectivity index (χ3v) is 1.51. The van der Waals surface area contributed by atoms with E-state index in [1.807, 2.05) is 20.0 Å². The number of carbonyl (C=O) groups is 1. The van der Waals surface area contributed by atoms with Crippen LogP contribution in [0, 0.1) is 0 Å². The number of carbonyl (C=O) groups excluding carboxylic acids is 1. The number of hydrogen-bond acceptors (Lipinski definition) is 1. The minimum absolute atomic E-state index is 0.303. The van der Waals surface area contributed by atoms with Crippen LogP contribution in [0.25, 0.3) is 0 Å². The van der Waals surface area contributed by atoms with Gasteiger partial charge in [0.25, 0.3) is 0 Å². The molecule has 0 aromatic rings. The van der Waals surface area contributed by atoms with Crippen molar-refractivity contribution < 1.29 is 4.79 Å². The van der Waals surface area contributed by atoms with E-state index in [-0.39, 0.29) is 5.24 Å². The molecule has 0 amide bonds.